The number of amides is 2. The molecule has 0 saturated carbocycles. The molecule has 9 nitrogen and oxygen atoms in total. The van der Waals surface area contributed by atoms with Crippen LogP contribution in [0.4, 0.5) is 0 Å². The molecule has 1 saturated heterocycles. The number of sulfonamides is 1. The molecule has 0 radical (unpaired) electrons. The van der Waals surface area contributed by atoms with Crippen molar-refractivity contribution in [3.05, 3.63) is 60.2 Å². The van der Waals surface area contributed by atoms with Crippen molar-refractivity contribution in [1.29, 1.82) is 0 Å². The average molecular weight is 476 g/mol. The lowest BCUT2D eigenvalue weighted by atomic mass is 10.1. The van der Waals surface area contributed by atoms with E-state index in [1.54, 1.807) is 6.92 Å². The van der Waals surface area contributed by atoms with E-state index < -0.39 is 16.1 Å². The maximum Gasteiger partial charge on any atom is 0.261 e. The molecule has 2 aromatic carbocycles. The van der Waals surface area contributed by atoms with Crippen LogP contribution in [-0.4, -0.2) is 75.4 Å². The number of carbonyl (C=O) groups excluding carboxylic acids is 2. The van der Waals surface area contributed by atoms with Crippen molar-refractivity contribution in [3.8, 4) is 5.75 Å². The van der Waals surface area contributed by atoms with Gasteiger partial charge in [0.1, 0.15) is 11.8 Å². The van der Waals surface area contributed by atoms with E-state index in [0.29, 0.717) is 32.1 Å². The lowest BCUT2D eigenvalue weighted by molar-refractivity contribution is -0.142. The smallest absolute Gasteiger partial charge is 0.261 e. The fourth-order valence-electron chi connectivity index (χ4n) is 3.44. The third-order valence-corrected chi connectivity index (χ3v) is 7.32. The second-order valence-electron chi connectivity index (χ2n) is 7.57. The standard InChI is InChI=1S/C23H29N3O6S/c1-18(23(28)24-2)26(16-19-6-4-3-5-7-19)22(27)17-32-20-8-10-21(11-9-20)33(29,30)25-12-14-31-15-13-25/h3-11,18H,12-17H2,1-2H3,(H,24,28). The topological polar surface area (TPSA) is 105 Å². The number of rotatable bonds is 9. The quantitative estimate of drug-likeness (QED) is 0.585. The van der Waals surface area contributed by atoms with Gasteiger partial charge in [0.15, 0.2) is 6.61 Å². The minimum Gasteiger partial charge on any atom is -0.484 e. The third-order valence-electron chi connectivity index (χ3n) is 5.40. The van der Waals surface area contributed by atoms with Crippen molar-refractivity contribution < 1.29 is 27.5 Å². The number of nitrogens with one attached hydrogen (secondary N) is 1. The summed E-state index contributed by atoms with van der Waals surface area (Å²) in [6.07, 6.45) is 0. The molecule has 33 heavy (non-hydrogen) atoms. The van der Waals surface area contributed by atoms with Crippen molar-refractivity contribution in [1.82, 2.24) is 14.5 Å². The molecule has 0 spiro atoms. The molecule has 0 bridgehead atoms. The predicted molar refractivity (Wildman–Crippen MR) is 122 cm³/mol. The predicted octanol–water partition coefficient (Wildman–Crippen LogP) is 1.25. The molecule has 0 aromatic heterocycles. The molecule has 3 rings (SSSR count). The molecule has 1 heterocycles. The van der Waals surface area contributed by atoms with E-state index in [1.807, 2.05) is 30.3 Å². The Balaban J connectivity index is 1.66. The van der Waals surface area contributed by atoms with Crippen molar-refractivity contribution in [2.75, 3.05) is 40.0 Å². The Morgan fingerprint density at radius 1 is 1.09 bits per heavy atom. The summed E-state index contributed by atoms with van der Waals surface area (Å²) in [7, 11) is -2.08. The van der Waals surface area contributed by atoms with Crippen molar-refractivity contribution in [2.45, 2.75) is 24.4 Å². The highest BCUT2D eigenvalue weighted by molar-refractivity contribution is 7.89. The van der Waals surface area contributed by atoms with E-state index >= 15 is 0 Å². The number of nitrogens with zero attached hydrogens (tertiary/aromatic N) is 2. The second kappa shape index (κ2) is 11.3. The number of hydrogen-bond acceptors (Lipinski definition) is 6. The van der Waals surface area contributed by atoms with Gasteiger partial charge in [-0.2, -0.15) is 4.31 Å². The van der Waals surface area contributed by atoms with Gasteiger partial charge in [-0.05, 0) is 36.8 Å². The van der Waals surface area contributed by atoms with Crippen molar-refractivity contribution in [2.24, 2.45) is 0 Å². The van der Waals surface area contributed by atoms with E-state index in [0.717, 1.165) is 5.56 Å². The fourth-order valence-corrected chi connectivity index (χ4v) is 4.85. The zero-order valence-corrected chi connectivity index (χ0v) is 19.6. The second-order valence-corrected chi connectivity index (χ2v) is 9.51. The van der Waals surface area contributed by atoms with Gasteiger partial charge in [-0.1, -0.05) is 30.3 Å². The molecule has 1 atom stereocenters. The Kier molecular flexibility index (Phi) is 8.43. The first-order chi connectivity index (χ1) is 15.8. The molecular weight excluding hydrogens is 446 g/mol. The van der Waals surface area contributed by atoms with Gasteiger partial charge in [-0.3, -0.25) is 9.59 Å². The molecule has 2 aromatic rings. The highest BCUT2D eigenvalue weighted by Crippen LogP contribution is 2.21. The molecule has 1 aliphatic rings. The molecular formula is C23H29N3O6S. The number of hydrogen-bond donors (Lipinski definition) is 1. The first-order valence-corrected chi connectivity index (χ1v) is 12.1. The van der Waals surface area contributed by atoms with Crippen LogP contribution in [0.3, 0.4) is 0 Å². The lowest BCUT2D eigenvalue weighted by Crippen LogP contribution is -2.48. The van der Waals surface area contributed by atoms with Crippen LogP contribution >= 0.6 is 0 Å². The summed E-state index contributed by atoms with van der Waals surface area (Å²) in [4.78, 5) is 26.7. The van der Waals surface area contributed by atoms with E-state index in [2.05, 4.69) is 5.32 Å². The van der Waals surface area contributed by atoms with Crippen LogP contribution in [0.1, 0.15) is 12.5 Å². The molecule has 1 fully saturated rings. The van der Waals surface area contributed by atoms with Gasteiger partial charge in [0, 0.05) is 26.7 Å². The first-order valence-electron chi connectivity index (χ1n) is 10.7. The van der Waals surface area contributed by atoms with Crippen molar-refractivity contribution >= 4 is 21.8 Å². The molecule has 178 valence electrons. The summed E-state index contributed by atoms with van der Waals surface area (Å²) in [6.45, 7) is 3.00. The van der Waals surface area contributed by atoms with E-state index in [9.17, 15) is 18.0 Å². The van der Waals surface area contributed by atoms with Crippen LogP contribution in [0.25, 0.3) is 0 Å². The van der Waals surface area contributed by atoms with Crippen LogP contribution in [0.15, 0.2) is 59.5 Å². The summed E-state index contributed by atoms with van der Waals surface area (Å²) in [6, 6.07) is 14.6. The fraction of sp³-hybridized carbons (Fsp3) is 0.391. The average Bonchev–Trinajstić information content (AvgIpc) is 2.86. The van der Waals surface area contributed by atoms with E-state index in [4.69, 9.17) is 9.47 Å². The first kappa shape index (κ1) is 24.7. The molecule has 10 heteroatoms. The summed E-state index contributed by atoms with van der Waals surface area (Å²) < 4.78 is 37.7. The number of likely N-dealkylation sites (N-methyl/N-ethyl adjacent to an activating group) is 1. The zero-order chi connectivity index (χ0) is 23.8. The molecule has 0 aliphatic carbocycles. The van der Waals surface area contributed by atoms with Crippen molar-refractivity contribution in [3.63, 3.8) is 0 Å². The van der Waals surface area contributed by atoms with Crippen LogP contribution in [-0.2, 0) is 30.9 Å². The monoisotopic (exact) mass is 475 g/mol. The van der Waals surface area contributed by atoms with E-state index in [1.165, 1.54) is 40.5 Å². The summed E-state index contributed by atoms with van der Waals surface area (Å²) >= 11 is 0. The number of ether oxygens (including phenoxy) is 2. The largest absolute Gasteiger partial charge is 0.484 e. The molecule has 1 aliphatic heterocycles. The third kappa shape index (κ3) is 6.31. The summed E-state index contributed by atoms with van der Waals surface area (Å²) in [5.41, 5.74) is 0.888. The Hall–Kier alpha value is -2.95. The number of morpholine rings is 1. The van der Waals surface area contributed by atoms with Gasteiger partial charge in [0.05, 0.1) is 18.1 Å². The molecule has 1 unspecified atom stereocenters. The normalized spacial score (nSPS) is 15.5. The molecule has 1 N–H and O–H groups in total. The van der Waals surface area contributed by atoms with Gasteiger partial charge in [0.2, 0.25) is 15.9 Å². The van der Waals surface area contributed by atoms with Crippen LogP contribution in [0.5, 0.6) is 5.75 Å². The van der Waals surface area contributed by atoms with Crippen LogP contribution in [0.2, 0.25) is 0 Å². The number of benzene rings is 2. The zero-order valence-electron chi connectivity index (χ0n) is 18.8. The highest BCUT2D eigenvalue weighted by Gasteiger charge is 2.27. The van der Waals surface area contributed by atoms with Gasteiger partial charge >= 0.3 is 0 Å². The Morgan fingerprint density at radius 2 is 1.73 bits per heavy atom. The number of carbonyl (C=O) groups is 2. The maximum atomic E-state index is 12.9. The lowest BCUT2D eigenvalue weighted by Gasteiger charge is -2.28. The van der Waals surface area contributed by atoms with Crippen LogP contribution < -0.4 is 10.1 Å². The summed E-state index contributed by atoms with van der Waals surface area (Å²) in [5, 5.41) is 2.56. The van der Waals surface area contributed by atoms with Gasteiger partial charge < -0.3 is 19.7 Å². The Bertz CT molecular complexity index is 1040. The van der Waals surface area contributed by atoms with Gasteiger partial charge in [-0.15, -0.1) is 0 Å². The Morgan fingerprint density at radius 3 is 2.33 bits per heavy atom. The Labute approximate surface area is 194 Å². The maximum absolute atomic E-state index is 12.9. The summed E-state index contributed by atoms with van der Waals surface area (Å²) in [5.74, 6) is -0.284. The minimum atomic E-state index is -3.60. The molecule has 2 amide bonds. The van der Waals surface area contributed by atoms with E-state index in [-0.39, 0.29) is 29.9 Å². The SMILES string of the molecule is CNC(=O)C(C)N(Cc1ccccc1)C(=O)COc1ccc(S(=O)(=O)N2CCOCC2)cc1. The minimum absolute atomic E-state index is 0.155. The highest BCUT2D eigenvalue weighted by atomic mass is 32.2. The van der Waals surface area contributed by atoms with Gasteiger partial charge in [-0.25, -0.2) is 8.42 Å². The van der Waals surface area contributed by atoms with Gasteiger partial charge in [0.25, 0.3) is 5.91 Å². The van der Waals surface area contributed by atoms with Crippen LogP contribution in [0, 0.1) is 0 Å².